The average molecular weight is 265 g/mol. The Labute approximate surface area is 104 Å². The minimum atomic E-state index is -3.65. The highest BCUT2D eigenvalue weighted by Crippen LogP contribution is 2.06. The summed E-state index contributed by atoms with van der Waals surface area (Å²) < 4.78 is 27.1. The van der Waals surface area contributed by atoms with Crippen LogP contribution in [0.15, 0.2) is 53.9 Å². The molecule has 1 N–H and O–H groups in total. The van der Waals surface area contributed by atoms with E-state index in [9.17, 15) is 13.2 Å². The number of rotatable bonds is 4. The highest BCUT2D eigenvalue weighted by atomic mass is 32.2. The van der Waals surface area contributed by atoms with Crippen molar-refractivity contribution in [1.82, 2.24) is 14.3 Å². The zero-order valence-corrected chi connectivity index (χ0v) is 10.2. The monoisotopic (exact) mass is 265 g/mol. The summed E-state index contributed by atoms with van der Waals surface area (Å²) >= 11 is 0. The molecule has 0 unspecified atom stereocenters. The quantitative estimate of drug-likeness (QED) is 0.873. The first-order valence-corrected chi connectivity index (χ1v) is 6.64. The molecule has 0 saturated carbocycles. The van der Waals surface area contributed by atoms with E-state index in [0.29, 0.717) is 0 Å². The van der Waals surface area contributed by atoms with Gasteiger partial charge in [0.2, 0.25) is 15.9 Å². The average Bonchev–Trinajstić information content (AvgIpc) is 2.91. The van der Waals surface area contributed by atoms with Crippen LogP contribution in [0.25, 0.3) is 0 Å². The van der Waals surface area contributed by atoms with Crippen LogP contribution in [-0.4, -0.2) is 30.4 Å². The summed E-state index contributed by atoms with van der Waals surface area (Å²) in [4.78, 5) is 15.4. The molecule has 2 aromatic rings. The molecular formula is C11H11N3O3S. The molecule has 0 aliphatic heterocycles. The Balaban J connectivity index is 2.05. The predicted octanol–water partition coefficient (Wildman–Crippen LogP) is 0.502. The third-order valence-electron chi connectivity index (χ3n) is 2.26. The highest BCUT2D eigenvalue weighted by molar-refractivity contribution is 7.89. The second kappa shape index (κ2) is 5.11. The van der Waals surface area contributed by atoms with E-state index in [-0.39, 0.29) is 11.4 Å². The lowest BCUT2D eigenvalue weighted by Gasteiger charge is -2.06. The number of aromatic nitrogens is 2. The molecule has 1 heterocycles. The second-order valence-corrected chi connectivity index (χ2v) is 5.27. The number of imidazole rings is 1. The van der Waals surface area contributed by atoms with Gasteiger partial charge in [-0.15, -0.1) is 0 Å². The molecule has 0 saturated heterocycles. The molecule has 0 spiro atoms. The summed E-state index contributed by atoms with van der Waals surface area (Å²) in [5.41, 5.74) is 0. The van der Waals surface area contributed by atoms with E-state index in [0.717, 1.165) is 0 Å². The third-order valence-corrected chi connectivity index (χ3v) is 3.68. The zero-order chi connectivity index (χ0) is 13.0. The van der Waals surface area contributed by atoms with Gasteiger partial charge in [-0.05, 0) is 12.1 Å². The topological polar surface area (TPSA) is 81.1 Å². The Kier molecular flexibility index (Phi) is 3.54. The van der Waals surface area contributed by atoms with Gasteiger partial charge < -0.3 is 0 Å². The number of hydrogen-bond donors (Lipinski definition) is 1. The lowest BCUT2D eigenvalue weighted by molar-refractivity contribution is 0.0918. The fourth-order valence-electron chi connectivity index (χ4n) is 1.34. The van der Waals surface area contributed by atoms with Gasteiger partial charge in [0.15, 0.2) is 0 Å². The van der Waals surface area contributed by atoms with E-state index in [1.165, 1.54) is 35.4 Å². The summed E-state index contributed by atoms with van der Waals surface area (Å²) in [5.74, 6) is -0.396. The van der Waals surface area contributed by atoms with Gasteiger partial charge in [-0.2, -0.15) is 0 Å². The van der Waals surface area contributed by atoms with Crippen LogP contribution in [0.3, 0.4) is 0 Å². The Bertz CT molecular complexity index is 621. The van der Waals surface area contributed by atoms with Crippen molar-refractivity contribution in [1.29, 1.82) is 0 Å². The molecule has 2 rings (SSSR count). The fourth-order valence-corrected chi connectivity index (χ4v) is 2.33. The number of nitrogens with zero attached hydrogens (tertiary/aromatic N) is 2. The zero-order valence-electron chi connectivity index (χ0n) is 9.35. The molecular weight excluding hydrogens is 254 g/mol. The first kappa shape index (κ1) is 12.5. The maximum Gasteiger partial charge on any atom is 0.246 e. The predicted molar refractivity (Wildman–Crippen MR) is 64.5 cm³/mol. The molecule has 1 aromatic carbocycles. The van der Waals surface area contributed by atoms with Crippen molar-refractivity contribution in [3.05, 3.63) is 49.1 Å². The molecule has 0 radical (unpaired) electrons. The Morgan fingerprint density at radius 1 is 1.28 bits per heavy atom. The van der Waals surface area contributed by atoms with Crippen LogP contribution in [0.4, 0.5) is 0 Å². The van der Waals surface area contributed by atoms with E-state index in [2.05, 4.69) is 9.71 Å². The van der Waals surface area contributed by atoms with Crippen molar-refractivity contribution in [3.8, 4) is 0 Å². The molecule has 0 aliphatic rings. The third kappa shape index (κ3) is 2.82. The smallest absolute Gasteiger partial charge is 0.246 e. The number of carbonyl (C=O) groups is 1. The van der Waals surface area contributed by atoms with Gasteiger partial charge in [-0.1, -0.05) is 18.2 Å². The number of carbonyl (C=O) groups excluding carboxylic acids is 1. The summed E-state index contributed by atoms with van der Waals surface area (Å²) in [6.07, 6.45) is 4.22. The van der Waals surface area contributed by atoms with Crippen molar-refractivity contribution in [2.24, 2.45) is 0 Å². The summed E-state index contributed by atoms with van der Waals surface area (Å²) in [5, 5.41) is 0. The fraction of sp³-hybridized carbons (Fsp3) is 0.0909. The molecule has 94 valence electrons. The number of benzene rings is 1. The lowest BCUT2D eigenvalue weighted by Crippen LogP contribution is -2.31. The normalized spacial score (nSPS) is 11.3. The number of sulfonamides is 1. The summed E-state index contributed by atoms with van der Waals surface area (Å²) in [6.45, 7) is -0.312. The molecule has 0 atom stereocenters. The van der Waals surface area contributed by atoms with Crippen LogP contribution >= 0.6 is 0 Å². The molecule has 0 fully saturated rings. The van der Waals surface area contributed by atoms with Gasteiger partial charge >= 0.3 is 0 Å². The van der Waals surface area contributed by atoms with Crippen molar-refractivity contribution in [2.45, 2.75) is 4.90 Å². The Morgan fingerprint density at radius 3 is 2.61 bits per heavy atom. The molecule has 6 nitrogen and oxygen atoms in total. The lowest BCUT2D eigenvalue weighted by atomic mass is 10.4. The maximum absolute atomic E-state index is 11.8. The minimum Gasteiger partial charge on any atom is -0.275 e. The van der Waals surface area contributed by atoms with Crippen LogP contribution in [0.2, 0.25) is 0 Å². The Morgan fingerprint density at radius 2 is 2.00 bits per heavy atom. The molecule has 0 amide bonds. The summed E-state index contributed by atoms with van der Waals surface area (Å²) in [6, 6.07) is 7.88. The molecule has 1 aromatic heterocycles. The SMILES string of the molecule is O=C(CNS(=O)(=O)c1ccccc1)n1ccnc1. The van der Waals surface area contributed by atoms with Gasteiger partial charge in [0.1, 0.15) is 6.33 Å². The van der Waals surface area contributed by atoms with Crippen LogP contribution in [0.5, 0.6) is 0 Å². The Hall–Kier alpha value is -1.99. The van der Waals surface area contributed by atoms with Crippen LogP contribution in [0.1, 0.15) is 4.79 Å². The number of hydrogen-bond acceptors (Lipinski definition) is 4. The first-order valence-electron chi connectivity index (χ1n) is 5.15. The van der Waals surface area contributed by atoms with Gasteiger partial charge in [-0.25, -0.2) is 18.1 Å². The largest absolute Gasteiger partial charge is 0.275 e. The molecule has 7 heteroatoms. The van der Waals surface area contributed by atoms with Crippen molar-refractivity contribution in [2.75, 3.05) is 6.54 Å². The van der Waals surface area contributed by atoms with E-state index in [4.69, 9.17) is 0 Å². The molecule has 18 heavy (non-hydrogen) atoms. The number of nitrogens with one attached hydrogen (secondary N) is 1. The highest BCUT2D eigenvalue weighted by Gasteiger charge is 2.15. The van der Waals surface area contributed by atoms with E-state index in [1.54, 1.807) is 18.2 Å². The second-order valence-electron chi connectivity index (χ2n) is 3.50. The van der Waals surface area contributed by atoms with E-state index in [1.807, 2.05) is 0 Å². The van der Waals surface area contributed by atoms with Crippen molar-refractivity contribution in [3.63, 3.8) is 0 Å². The van der Waals surface area contributed by atoms with Crippen molar-refractivity contribution < 1.29 is 13.2 Å². The van der Waals surface area contributed by atoms with Crippen LogP contribution in [0, 0.1) is 0 Å². The van der Waals surface area contributed by atoms with Crippen LogP contribution in [-0.2, 0) is 10.0 Å². The molecule has 0 aliphatic carbocycles. The van der Waals surface area contributed by atoms with Crippen molar-refractivity contribution >= 4 is 15.9 Å². The minimum absolute atomic E-state index is 0.128. The first-order chi connectivity index (χ1) is 8.59. The van der Waals surface area contributed by atoms with E-state index >= 15 is 0 Å². The van der Waals surface area contributed by atoms with Gasteiger partial charge in [0.25, 0.3) is 0 Å². The molecule has 0 bridgehead atoms. The van der Waals surface area contributed by atoms with E-state index < -0.39 is 15.9 Å². The van der Waals surface area contributed by atoms with Crippen LogP contribution < -0.4 is 4.72 Å². The van der Waals surface area contributed by atoms with Gasteiger partial charge in [0.05, 0.1) is 11.4 Å². The van der Waals surface area contributed by atoms with Gasteiger partial charge in [-0.3, -0.25) is 9.36 Å². The standard InChI is InChI=1S/C11H11N3O3S/c15-11(14-7-6-12-9-14)8-13-18(16,17)10-4-2-1-3-5-10/h1-7,9,13H,8H2. The maximum atomic E-state index is 11.8. The summed E-state index contributed by atoms with van der Waals surface area (Å²) in [7, 11) is -3.65. The van der Waals surface area contributed by atoms with Gasteiger partial charge in [0, 0.05) is 12.4 Å².